The molecule has 2 amide bonds. The van der Waals surface area contributed by atoms with Crippen molar-refractivity contribution in [2.45, 2.75) is 37.6 Å². The first-order valence-electron chi connectivity index (χ1n) is 8.99. The van der Waals surface area contributed by atoms with E-state index in [1.807, 2.05) is 24.2 Å². The summed E-state index contributed by atoms with van der Waals surface area (Å²) < 4.78 is 20.8. The molecule has 1 aliphatic carbocycles. The average Bonchev–Trinajstić information content (AvgIpc) is 3.23. The van der Waals surface area contributed by atoms with Crippen molar-refractivity contribution in [3.63, 3.8) is 0 Å². The van der Waals surface area contributed by atoms with Gasteiger partial charge in [0.15, 0.2) is 0 Å². The monoisotopic (exact) mass is 349 g/mol. The van der Waals surface area contributed by atoms with Crippen LogP contribution in [0.1, 0.15) is 29.8 Å². The number of carbonyl (C=O) groups is 2. The van der Waals surface area contributed by atoms with Crippen molar-refractivity contribution >= 4 is 11.8 Å². The van der Waals surface area contributed by atoms with Gasteiger partial charge in [0.25, 0.3) is 5.91 Å². The quantitative estimate of drug-likeness (QED) is 0.886. The van der Waals surface area contributed by atoms with Gasteiger partial charge in [0.2, 0.25) is 5.91 Å². The first-order valence-corrected chi connectivity index (χ1v) is 8.99. The average molecular weight is 349 g/mol. The SMILES string of the molecule is Cn1cccc1C(=O)NC[C@H]1C[C@@H]2CN(C(=O)C3CC(F)C3)C[C@@H]2O1. The maximum atomic E-state index is 12.9. The van der Waals surface area contributed by atoms with Crippen LogP contribution in [-0.2, 0) is 16.6 Å². The summed E-state index contributed by atoms with van der Waals surface area (Å²) in [6, 6.07) is 3.62. The molecule has 2 aliphatic heterocycles. The highest BCUT2D eigenvalue weighted by Crippen LogP contribution is 2.37. The molecular weight excluding hydrogens is 325 g/mol. The second kappa shape index (κ2) is 6.44. The number of hydrogen-bond donors (Lipinski definition) is 1. The molecule has 7 heteroatoms. The lowest BCUT2D eigenvalue weighted by Crippen LogP contribution is -2.42. The zero-order valence-electron chi connectivity index (χ0n) is 14.4. The lowest BCUT2D eigenvalue weighted by atomic mass is 9.82. The molecule has 2 saturated heterocycles. The molecule has 4 rings (SSSR count). The molecule has 0 radical (unpaired) electrons. The van der Waals surface area contributed by atoms with Gasteiger partial charge in [-0.2, -0.15) is 0 Å². The van der Waals surface area contributed by atoms with E-state index >= 15 is 0 Å². The van der Waals surface area contributed by atoms with Gasteiger partial charge in [-0.3, -0.25) is 9.59 Å². The second-order valence-electron chi connectivity index (χ2n) is 7.52. The number of carbonyl (C=O) groups excluding carboxylic acids is 2. The summed E-state index contributed by atoms with van der Waals surface area (Å²) in [5.74, 6) is 0.174. The van der Waals surface area contributed by atoms with Gasteiger partial charge < -0.3 is 19.5 Å². The molecule has 0 aromatic carbocycles. The Morgan fingerprint density at radius 2 is 2.12 bits per heavy atom. The number of ether oxygens (including phenoxy) is 1. The number of nitrogens with one attached hydrogen (secondary N) is 1. The molecule has 136 valence electrons. The van der Waals surface area contributed by atoms with E-state index in [4.69, 9.17) is 4.74 Å². The number of nitrogens with zero attached hydrogens (tertiary/aromatic N) is 2. The third kappa shape index (κ3) is 3.17. The maximum Gasteiger partial charge on any atom is 0.267 e. The van der Waals surface area contributed by atoms with E-state index in [9.17, 15) is 14.0 Å². The van der Waals surface area contributed by atoms with Crippen LogP contribution in [-0.4, -0.2) is 59.3 Å². The maximum absolute atomic E-state index is 12.9. The topological polar surface area (TPSA) is 63.6 Å². The Kier molecular flexibility index (Phi) is 4.27. The largest absolute Gasteiger partial charge is 0.371 e. The van der Waals surface area contributed by atoms with E-state index in [2.05, 4.69) is 5.32 Å². The Morgan fingerprint density at radius 3 is 2.76 bits per heavy atom. The van der Waals surface area contributed by atoms with Crippen molar-refractivity contribution in [3.05, 3.63) is 24.0 Å². The number of rotatable bonds is 4. The fraction of sp³-hybridized carbons (Fsp3) is 0.667. The van der Waals surface area contributed by atoms with Gasteiger partial charge in [-0.15, -0.1) is 0 Å². The molecule has 3 fully saturated rings. The number of alkyl halides is 1. The summed E-state index contributed by atoms with van der Waals surface area (Å²) >= 11 is 0. The highest BCUT2D eigenvalue weighted by Gasteiger charge is 2.46. The van der Waals surface area contributed by atoms with Gasteiger partial charge >= 0.3 is 0 Å². The van der Waals surface area contributed by atoms with E-state index in [1.165, 1.54) is 0 Å². The number of amides is 2. The van der Waals surface area contributed by atoms with Crippen LogP contribution < -0.4 is 5.32 Å². The van der Waals surface area contributed by atoms with E-state index < -0.39 is 6.17 Å². The molecule has 3 atom stereocenters. The molecule has 6 nitrogen and oxygen atoms in total. The summed E-state index contributed by atoms with van der Waals surface area (Å²) in [5.41, 5.74) is 0.627. The molecule has 3 heterocycles. The fourth-order valence-corrected chi connectivity index (χ4v) is 4.18. The van der Waals surface area contributed by atoms with Crippen molar-refractivity contribution < 1.29 is 18.7 Å². The standard InChI is InChI=1S/C18H24FN3O3/c1-21-4-2-3-15(21)17(23)20-8-14-7-12-9-22(10-16(12)25-14)18(24)11-5-13(19)6-11/h2-4,11-14,16H,5-10H2,1H3,(H,20,23)/t11?,12-,13?,14-,16+/m1/s1. The Hall–Kier alpha value is -1.89. The van der Waals surface area contributed by atoms with Crippen molar-refractivity contribution in [3.8, 4) is 0 Å². The molecule has 1 saturated carbocycles. The number of aryl methyl sites for hydroxylation is 1. The molecule has 0 unspecified atom stereocenters. The van der Waals surface area contributed by atoms with Crippen molar-refractivity contribution in [2.75, 3.05) is 19.6 Å². The molecule has 3 aliphatic rings. The van der Waals surface area contributed by atoms with Gasteiger partial charge in [-0.25, -0.2) is 4.39 Å². The van der Waals surface area contributed by atoms with Crippen LogP contribution in [0.25, 0.3) is 0 Å². The Bertz CT molecular complexity index is 656. The van der Waals surface area contributed by atoms with Gasteiger partial charge in [-0.05, 0) is 31.4 Å². The fourth-order valence-electron chi connectivity index (χ4n) is 4.18. The van der Waals surface area contributed by atoms with Crippen LogP contribution in [0.15, 0.2) is 18.3 Å². The second-order valence-corrected chi connectivity index (χ2v) is 7.52. The normalized spacial score (nSPS) is 33.8. The van der Waals surface area contributed by atoms with E-state index in [-0.39, 0.29) is 29.9 Å². The first kappa shape index (κ1) is 16.6. The van der Waals surface area contributed by atoms with Crippen molar-refractivity contribution in [2.24, 2.45) is 18.9 Å². The van der Waals surface area contributed by atoms with Crippen LogP contribution in [0.3, 0.4) is 0 Å². The number of hydrogen-bond acceptors (Lipinski definition) is 3. The summed E-state index contributed by atoms with van der Waals surface area (Å²) in [6.07, 6.45) is 2.67. The molecule has 0 bridgehead atoms. The number of fused-ring (bicyclic) bond motifs is 1. The van der Waals surface area contributed by atoms with Gasteiger partial charge in [-0.1, -0.05) is 0 Å². The van der Waals surface area contributed by atoms with E-state index in [0.29, 0.717) is 44.1 Å². The molecule has 25 heavy (non-hydrogen) atoms. The zero-order chi connectivity index (χ0) is 17.6. The predicted molar refractivity (Wildman–Crippen MR) is 88.7 cm³/mol. The van der Waals surface area contributed by atoms with Crippen LogP contribution in [0.4, 0.5) is 4.39 Å². The predicted octanol–water partition coefficient (Wildman–Crippen LogP) is 1.12. The van der Waals surface area contributed by atoms with Crippen LogP contribution in [0.2, 0.25) is 0 Å². The number of aromatic nitrogens is 1. The number of likely N-dealkylation sites (tertiary alicyclic amines) is 1. The van der Waals surface area contributed by atoms with Crippen LogP contribution in [0, 0.1) is 11.8 Å². The minimum absolute atomic E-state index is 0.00426. The minimum atomic E-state index is -0.801. The summed E-state index contributed by atoms with van der Waals surface area (Å²) in [4.78, 5) is 26.3. The van der Waals surface area contributed by atoms with Crippen LogP contribution >= 0.6 is 0 Å². The lowest BCUT2D eigenvalue weighted by molar-refractivity contribution is -0.140. The highest BCUT2D eigenvalue weighted by atomic mass is 19.1. The summed E-state index contributed by atoms with van der Waals surface area (Å²) in [6.45, 7) is 1.77. The zero-order valence-corrected chi connectivity index (χ0v) is 14.4. The highest BCUT2D eigenvalue weighted by molar-refractivity contribution is 5.92. The molecule has 1 aromatic rings. The molecule has 0 spiro atoms. The molecular formula is C18H24FN3O3. The number of halogens is 1. The molecule has 1 aromatic heterocycles. The summed E-state index contributed by atoms with van der Waals surface area (Å²) in [5, 5.41) is 2.93. The van der Waals surface area contributed by atoms with Gasteiger partial charge in [0.05, 0.1) is 12.2 Å². The first-order chi connectivity index (χ1) is 12.0. The third-order valence-corrected chi connectivity index (χ3v) is 5.72. The third-order valence-electron chi connectivity index (χ3n) is 5.72. The Labute approximate surface area is 146 Å². The smallest absolute Gasteiger partial charge is 0.267 e. The molecule has 1 N–H and O–H groups in total. The van der Waals surface area contributed by atoms with E-state index in [0.717, 1.165) is 6.42 Å². The van der Waals surface area contributed by atoms with E-state index in [1.54, 1.807) is 10.6 Å². The Morgan fingerprint density at radius 1 is 1.32 bits per heavy atom. The van der Waals surface area contributed by atoms with Crippen LogP contribution in [0.5, 0.6) is 0 Å². The Balaban J connectivity index is 1.23. The lowest BCUT2D eigenvalue weighted by Gasteiger charge is -2.32. The van der Waals surface area contributed by atoms with Gasteiger partial charge in [0, 0.05) is 44.7 Å². The minimum Gasteiger partial charge on any atom is -0.371 e. The van der Waals surface area contributed by atoms with Crippen molar-refractivity contribution in [1.29, 1.82) is 0 Å². The van der Waals surface area contributed by atoms with Crippen molar-refractivity contribution in [1.82, 2.24) is 14.8 Å². The summed E-state index contributed by atoms with van der Waals surface area (Å²) in [7, 11) is 1.84. The van der Waals surface area contributed by atoms with Gasteiger partial charge in [0.1, 0.15) is 11.9 Å².